The number of carbonyl (C=O) groups excluding carboxylic acids is 1. The molecule has 0 aliphatic rings. The zero-order chi connectivity index (χ0) is 17.7. The van der Waals surface area contributed by atoms with Gasteiger partial charge in [-0.05, 0) is 43.8 Å². The van der Waals surface area contributed by atoms with Gasteiger partial charge in [-0.25, -0.2) is 21.9 Å². The van der Waals surface area contributed by atoms with E-state index in [0.29, 0.717) is 0 Å². The van der Waals surface area contributed by atoms with Crippen LogP contribution in [0, 0.1) is 11.6 Å². The van der Waals surface area contributed by atoms with E-state index in [0.717, 1.165) is 12.1 Å². The number of benzene rings is 2. The summed E-state index contributed by atoms with van der Waals surface area (Å²) in [7, 11) is -2.39. The predicted molar refractivity (Wildman–Crippen MR) is 85.1 cm³/mol. The fraction of sp³-hybridized carbons (Fsp3) is 0.188. The minimum absolute atomic E-state index is 0.0136. The molecule has 0 aromatic heterocycles. The van der Waals surface area contributed by atoms with Crippen LogP contribution in [0.15, 0.2) is 47.4 Å². The highest BCUT2D eigenvalue weighted by Crippen LogP contribution is 2.13. The van der Waals surface area contributed by atoms with Crippen LogP contribution in [-0.4, -0.2) is 27.9 Å². The van der Waals surface area contributed by atoms with Crippen LogP contribution < -0.4 is 10.0 Å². The van der Waals surface area contributed by atoms with Gasteiger partial charge in [0.2, 0.25) is 10.0 Å². The van der Waals surface area contributed by atoms with Crippen molar-refractivity contribution >= 4 is 15.9 Å². The molecule has 2 N–H and O–H groups in total. The molecule has 0 fully saturated rings. The second-order valence-electron chi connectivity index (χ2n) is 4.94. The van der Waals surface area contributed by atoms with Crippen molar-refractivity contribution in [2.24, 2.45) is 0 Å². The van der Waals surface area contributed by atoms with Gasteiger partial charge in [-0.3, -0.25) is 4.79 Å². The predicted octanol–water partition coefficient (Wildman–Crippen LogP) is 1.85. The van der Waals surface area contributed by atoms with Crippen molar-refractivity contribution in [3.05, 3.63) is 65.2 Å². The number of halogens is 2. The topological polar surface area (TPSA) is 75.3 Å². The van der Waals surface area contributed by atoms with E-state index in [1.807, 2.05) is 0 Å². The molecular formula is C16H16F2N2O3S. The lowest BCUT2D eigenvalue weighted by molar-refractivity contribution is 0.0953. The first-order valence-corrected chi connectivity index (χ1v) is 8.58. The minimum Gasteiger partial charge on any atom is -0.352 e. The van der Waals surface area contributed by atoms with Crippen molar-refractivity contribution in [3.63, 3.8) is 0 Å². The van der Waals surface area contributed by atoms with E-state index in [2.05, 4.69) is 10.0 Å². The van der Waals surface area contributed by atoms with Gasteiger partial charge >= 0.3 is 0 Å². The van der Waals surface area contributed by atoms with Gasteiger partial charge < -0.3 is 5.32 Å². The molecule has 0 atom stereocenters. The highest BCUT2D eigenvalue weighted by molar-refractivity contribution is 7.89. The van der Waals surface area contributed by atoms with Gasteiger partial charge in [0.05, 0.1) is 4.90 Å². The number of amides is 1. The van der Waals surface area contributed by atoms with Crippen LogP contribution in [0.25, 0.3) is 0 Å². The fourth-order valence-electron chi connectivity index (χ4n) is 2.10. The Hall–Kier alpha value is -2.32. The van der Waals surface area contributed by atoms with Crippen molar-refractivity contribution < 1.29 is 22.0 Å². The van der Waals surface area contributed by atoms with Gasteiger partial charge in [-0.15, -0.1) is 0 Å². The van der Waals surface area contributed by atoms with E-state index in [4.69, 9.17) is 0 Å². The Morgan fingerprint density at radius 3 is 2.33 bits per heavy atom. The zero-order valence-corrected chi connectivity index (χ0v) is 13.7. The normalized spacial score (nSPS) is 11.3. The molecule has 8 heteroatoms. The second kappa shape index (κ2) is 7.50. The first-order chi connectivity index (χ1) is 11.3. The Kier molecular flexibility index (Phi) is 5.63. The summed E-state index contributed by atoms with van der Waals surface area (Å²) in [5.41, 5.74) is 0.0321. The Labute approximate surface area is 138 Å². The summed E-state index contributed by atoms with van der Waals surface area (Å²) < 4.78 is 52.6. The smallest absolute Gasteiger partial charge is 0.251 e. The summed E-state index contributed by atoms with van der Waals surface area (Å²) in [4.78, 5) is 12.0. The summed E-state index contributed by atoms with van der Waals surface area (Å²) in [5.74, 6) is -1.88. The van der Waals surface area contributed by atoms with E-state index in [1.54, 1.807) is 0 Å². The zero-order valence-electron chi connectivity index (χ0n) is 12.8. The molecule has 0 aliphatic carbocycles. The van der Waals surface area contributed by atoms with E-state index in [9.17, 15) is 22.0 Å². The van der Waals surface area contributed by atoms with Gasteiger partial charge in [0, 0.05) is 17.7 Å². The van der Waals surface area contributed by atoms with Crippen LogP contribution in [0.4, 0.5) is 8.78 Å². The van der Waals surface area contributed by atoms with Gasteiger partial charge in [-0.2, -0.15) is 0 Å². The molecule has 0 unspecified atom stereocenters. The number of rotatable bonds is 6. The first-order valence-electron chi connectivity index (χ1n) is 7.10. The third-order valence-corrected chi connectivity index (χ3v) is 4.81. The summed E-state index contributed by atoms with van der Waals surface area (Å²) >= 11 is 0. The molecule has 2 aromatic carbocycles. The van der Waals surface area contributed by atoms with Crippen molar-refractivity contribution in [1.82, 2.24) is 10.0 Å². The van der Waals surface area contributed by atoms with Gasteiger partial charge in [0.1, 0.15) is 11.6 Å². The van der Waals surface area contributed by atoms with Gasteiger partial charge in [0.15, 0.2) is 0 Å². The molecule has 0 radical (unpaired) electrons. The van der Waals surface area contributed by atoms with Gasteiger partial charge in [0.25, 0.3) is 5.91 Å². The van der Waals surface area contributed by atoms with Crippen molar-refractivity contribution in [3.8, 4) is 0 Å². The van der Waals surface area contributed by atoms with Crippen LogP contribution in [0.3, 0.4) is 0 Å². The summed E-state index contributed by atoms with van der Waals surface area (Å²) in [6.45, 7) is 0.0136. The third-order valence-electron chi connectivity index (χ3n) is 3.40. The van der Waals surface area contributed by atoms with Crippen LogP contribution in [0.5, 0.6) is 0 Å². The average Bonchev–Trinajstić information content (AvgIpc) is 2.57. The molecule has 0 saturated heterocycles. The van der Waals surface area contributed by atoms with E-state index in [1.165, 1.54) is 37.4 Å². The monoisotopic (exact) mass is 354 g/mol. The number of hydrogen-bond acceptors (Lipinski definition) is 3. The summed E-state index contributed by atoms with van der Waals surface area (Å²) in [5, 5.41) is 2.51. The van der Waals surface area contributed by atoms with E-state index < -0.39 is 27.6 Å². The molecule has 0 spiro atoms. The fourth-order valence-corrected chi connectivity index (χ4v) is 2.87. The Morgan fingerprint density at radius 2 is 1.71 bits per heavy atom. The molecular weight excluding hydrogens is 338 g/mol. The number of carbonyl (C=O) groups is 1. The SMILES string of the molecule is CNS(=O)(=O)c1cccc(C(=O)NCCc2c(F)cccc2F)c1. The maximum Gasteiger partial charge on any atom is 0.251 e. The van der Waals surface area contributed by atoms with E-state index >= 15 is 0 Å². The Morgan fingerprint density at radius 1 is 1.08 bits per heavy atom. The second-order valence-corrected chi connectivity index (χ2v) is 6.83. The highest BCUT2D eigenvalue weighted by Gasteiger charge is 2.14. The molecule has 0 saturated carbocycles. The molecule has 1 amide bonds. The summed E-state index contributed by atoms with van der Waals surface area (Å²) in [6, 6.07) is 9.03. The van der Waals surface area contributed by atoms with Crippen molar-refractivity contribution in [2.75, 3.05) is 13.6 Å². The van der Waals surface area contributed by atoms with Crippen LogP contribution >= 0.6 is 0 Å². The number of hydrogen-bond donors (Lipinski definition) is 2. The molecule has 24 heavy (non-hydrogen) atoms. The van der Waals surface area contributed by atoms with Crippen LogP contribution in [0.1, 0.15) is 15.9 Å². The third kappa shape index (κ3) is 4.15. The minimum atomic E-state index is -3.66. The molecule has 2 rings (SSSR count). The quantitative estimate of drug-likeness (QED) is 0.831. The maximum absolute atomic E-state index is 13.5. The van der Waals surface area contributed by atoms with Crippen LogP contribution in [-0.2, 0) is 16.4 Å². The molecule has 0 aliphatic heterocycles. The highest BCUT2D eigenvalue weighted by atomic mass is 32.2. The lowest BCUT2D eigenvalue weighted by Crippen LogP contribution is -2.26. The average molecular weight is 354 g/mol. The summed E-state index contributed by atoms with van der Waals surface area (Å²) in [6.07, 6.45) is -0.0151. The van der Waals surface area contributed by atoms with Crippen molar-refractivity contribution in [1.29, 1.82) is 0 Å². The lowest BCUT2D eigenvalue weighted by atomic mass is 10.1. The lowest BCUT2D eigenvalue weighted by Gasteiger charge is -2.08. The molecule has 2 aromatic rings. The Bertz CT molecular complexity index is 834. The maximum atomic E-state index is 13.5. The number of sulfonamides is 1. The van der Waals surface area contributed by atoms with Crippen LogP contribution in [0.2, 0.25) is 0 Å². The molecule has 0 heterocycles. The Balaban J connectivity index is 2.05. The molecule has 0 bridgehead atoms. The first kappa shape index (κ1) is 18.0. The number of nitrogens with one attached hydrogen (secondary N) is 2. The van der Waals surface area contributed by atoms with Gasteiger partial charge in [-0.1, -0.05) is 12.1 Å². The van der Waals surface area contributed by atoms with E-state index in [-0.39, 0.29) is 29.0 Å². The molecule has 5 nitrogen and oxygen atoms in total. The largest absolute Gasteiger partial charge is 0.352 e. The standard InChI is InChI=1S/C16H16F2N2O3S/c1-19-24(22,23)12-5-2-4-11(10-12)16(21)20-9-8-13-14(17)6-3-7-15(13)18/h2-7,10,19H,8-9H2,1H3,(H,20,21). The van der Waals surface area contributed by atoms with Crippen molar-refractivity contribution in [2.45, 2.75) is 11.3 Å². The molecule has 128 valence electrons.